The van der Waals surface area contributed by atoms with Gasteiger partial charge in [-0.3, -0.25) is 9.59 Å². The number of ketones is 1. The van der Waals surface area contributed by atoms with Crippen molar-refractivity contribution in [1.29, 1.82) is 0 Å². The molecule has 0 aromatic heterocycles. The zero-order chi connectivity index (χ0) is 19.4. The van der Waals surface area contributed by atoms with E-state index in [1.165, 1.54) is 38.1 Å². The molecule has 0 aliphatic heterocycles. The van der Waals surface area contributed by atoms with Gasteiger partial charge in [-0.25, -0.2) is 13.6 Å². The summed E-state index contributed by atoms with van der Waals surface area (Å²) < 4.78 is 31.2. The Morgan fingerprint density at radius 1 is 1.08 bits per heavy atom. The third-order valence-electron chi connectivity index (χ3n) is 3.44. The summed E-state index contributed by atoms with van der Waals surface area (Å²) >= 11 is 5.69. The first-order valence-corrected chi connectivity index (χ1v) is 7.84. The van der Waals surface area contributed by atoms with Gasteiger partial charge in [-0.05, 0) is 50.2 Å². The van der Waals surface area contributed by atoms with Gasteiger partial charge in [0.15, 0.2) is 23.5 Å². The van der Waals surface area contributed by atoms with Crippen LogP contribution in [0.1, 0.15) is 34.6 Å². The van der Waals surface area contributed by atoms with Crippen molar-refractivity contribution in [3.05, 3.63) is 64.2 Å². The number of carbonyl (C=O) groups is 3. The van der Waals surface area contributed by atoms with Crippen LogP contribution < -0.4 is 5.32 Å². The lowest BCUT2D eigenvalue weighted by Crippen LogP contribution is -2.30. The van der Waals surface area contributed by atoms with Crippen LogP contribution in [0.3, 0.4) is 0 Å². The second kappa shape index (κ2) is 8.05. The predicted octanol–water partition coefficient (Wildman–Crippen LogP) is 4.00. The van der Waals surface area contributed by atoms with E-state index in [0.29, 0.717) is 23.4 Å². The summed E-state index contributed by atoms with van der Waals surface area (Å²) in [5, 5.41) is 2.17. The fourth-order valence-corrected chi connectivity index (χ4v) is 2.22. The number of rotatable bonds is 5. The summed E-state index contributed by atoms with van der Waals surface area (Å²) in [5.41, 5.74) is 0.486. The van der Waals surface area contributed by atoms with Crippen molar-refractivity contribution in [3.8, 4) is 0 Å². The molecule has 136 valence electrons. The number of benzene rings is 2. The maximum atomic E-state index is 13.2. The van der Waals surface area contributed by atoms with Crippen molar-refractivity contribution in [2.75, 3.05) is 5.32 Å². The van der Waals surface area contributed by atoms with E-state index in [2.05, 4.69) is 5.32 Å². The van der Waals surface area contributed by atoms with E-state index in [4.69, 9.17) is 16.3 Å². The summed E-state index contributed by atoms with van der Waals surface area (Å²) in [5.74, 6) is -4.29. The first-order chi connectivity index (χ1) is 12.2. The molecule has 0 fully saturated rings. The van der Waals surface area contributed by atoms with E-state index in [0.717, 1.165) is 0 Å². The highest BCUT2D eigenvalue weighted by molar-refractivity contribution is 6.33. The van der Waals surface area contributed by atoms with Gasteiger partial charge in [0, 0.05) is 11.3 Å². The van der Waals surface area contributed by atoms with Gasteiger partial charge in [0.2, 0.25) is 0 Å². The fraction of sp³-hybridized carbons (Fsp3) is 0.167. The minimum absolute atomic E-state index is 0.117. The first kappa shape index (κ1) is 19.5. The Hall–Kier alpha value is -2.80. The maximum Gasteiger partial charge on any atom is 0.340 e. The van der Waals surface area contributed by atoms with Crippen molar-refractivity contribution in [1.82, 2.24) is 0 Å². The van der Waals surface area contributed by atoms with Crippen molar-refractivity contribution in [3.63, 3.8) is 0 Å². The quantitative estimate of drug-likeness (QED) is 0.482. The van der Waals surface area contributed by atoms with Crippen LogP contribution in [0.25, 0.3) is 0 Å². The molecule has 0 aliphatic carbocycles. The Kier molecular flexibility index (Phi) is 6.05. The van der Waals surface area contributed by atoms with Gasteiger partial charge < -0.3 is 10.1 Å². The summed E-state index contributed by atoms with van der Waals surface area (Å²) in [6.07, 6.45) is -1.22. The van der Waals surface area contributed by atoms with Crippen LogP contribution in [0.15, 0.2) is 36.4 Å². The molecule has 2 aromatic rings. The molecule has 5 nitrogen and oxygen atoms in total. The molecule has 0 spiro atoms. The topological polar surface area (TPSA) is 72.5 Å². The number of hydrogen-bond donors (Lipinski definition) is 1. The van der Waals surface area contributed by atoms with E-state index < -0.39 is 35.2 Å². The van der Waals surface area contributed by atoms with Gasteiger partial charge in [0.1, 0.15) is 0 Å². The molecule has 2 rings (SSSR count). The third-order valence-corrected chi connectivity index (χ3v) is 3.75. The number of esters is 1. The van der Waals surface area contributed by atoms with Crippen LogP contribution in [0, 0.1) is 11.6 Å². The molecule has 0 saturated heterocycles. The molecule has 2 aromatic carbocycles. The van der Waals surface area contributed by atoms with E-state index >= 15 is 0 Å². The average molecular weight is 382 g/mol. The minimum atomic E-state index is -1.26. The molecule has 1 N–H and O–H groups in total. The standard InChI is InChI=1S/C18H14ClF2NO4/c1-9(23)11-3-5-12(6-4-11)22-17(24)10(2)26-18(25)13-7-15(20)16(21)8-14(13)19/h3-8,10H,1-2H3,(H,22,24). The van der Waals surface area contributed by atoms with Gasteiger partial charge in [-0.2, -0.15) is 0 Å². The van der Waals surface area contributed by atoms with Gasteiger partial charge in [0.25, 0.3) is 5.91 Å². The molecule has 1 amide bonds. The zero-order valence-corrected chi connectivity index (χ0v) is 14.6. The van der Waals surface area contributed by atoms with E-state index in [1.807, 2.05) is 0 Å². The molecular weight excluding hydrogens is 368 g/mol. The van der Waals surface area contributed by atoms with Crippen LogP contribution in [0.2, 0.25) is 5.02 Å². The fourth-order valence-electron chi connectivity index (χ4n) is 1.99. The number of ether oxygens (including phenoxy) is 1. The largest absolute Gasteiger partial charge is 0.449 e. The highest BCUT2D eigenvalue weighted by Gasteiger charge is 2.22. The van der Waals surface area contributed by atoms with E-state index in [9.17, 15) is 23.2 Å². The summed E-state index contributed by atoms with van der Waals surface area (Å²) in [7, 11) is 0. The normalized spacial score (nSPS) is 11.6. The number of hydrogen-bond acceptors (Lipinski definition) is 4. The molecule has 1 unspecified atom stereocenters. The van der Waals surface area contributed by atoms with Crippen molar-refractivity contribution >= 4 is 34.9 Å². The Labute approximate surface area is 152 Å². The Morgan fingerprint density at radius 2 is 1.65 bits per heavy atom. The highest BCUT2D eigenvalue weighted by atomic mass is 35.5. The average Bonchev–Trinajstić information content (AvgIpc) is 2.58. The Morgan fingerprint density at radius 3 is 2.23 bits per heavy atom. The summed E-state index contributed by atoms with van der Waals surface area (Å²) in [6, 6.07) is 7.37. The third kappa shape index (κ3) is 4.64. The van der Waals surface area contributed by atoms with Crippen molar-refractivity contribution in [2.24, 2.45) is 0 Å². The maximum absolute atomic E-state index is 13.2. The first-order valence-electron chi connectivity index (χ1n) is 7.46. The zero-order valence-electron chi connectivity index (χ0n) is 13.8. The second-order valence-electron chi connectivity index (χ2n) is 5.42. The number of anilines is 1. The lowest BCUT2D eigenvalue weighted by molar-refractivity contribution is -0.123. The van der Waals surface area contributed by atoms with E-state index in [1.54, 1.807) is 0 Å². The van der Waals surface area contributed by atoms with Crippen LogP contribution in [0.5, 0.6) is 0 Å². The molecule has 0 radical (unpaired) electrons. The predicted molar refractivity (Wildman–Crippen MR) is 91.3 cm³/mol. The van der Waals surface area contributed by atoms with Gasteiger partial charge in [-0.15, -0.1) is 0 Å². The van der Waals surface area contributed by atoms with Crippen LogP contribution >= 0.6 is 11.6 Å². The number of halogens is 3. The van der Waals surface area contributed by atoms with Crippen LogP contribution in [-0.4, -0.2) is 23.8 Å². The van der Waals surface area contributed by atoms with Crippen molar-refractivity contribution in [2.45, 2.75) is 20.0 Å². The minimum Gasteiger partial charge on any atom is -0.449 e. The molecule has 0 heterocycles. The molecule has 0 saturated carbocycles. The smallest absolute Gasteiger partial charge is 0.340 e. The Balaban J connectivity index is 2.03. The number of Topliss-reactive ketones (excluding diaryl/α,β-unsaturated/α-hetero) is 1. The van der Waals surface area contributed by atoms with Gasteiger partial charge in [0.05, 0.1) is 10.6 Å². The second-order valence-corrected chi connectivity index (χ2v) is 5.82. The summed E-state index contributed by atoms with van der Waals surface area (Å²) in [6.45, 7) is 2.73. The summed E-state index contributed by atoms with van der Waals surface area (Å²) in [4.78, 5) is 35.3. The molecule has 1 atom stereocenters. The lowest BCUT2D eigenvalue weighted by atomic mass is 10.1. The molecular formula is C18H14ClF2NO4. The number of carbonyl (C=O) groups excluding carboxylic acids is 3. The van der Waals surface area contributed by atoms with Crippen LogP contribution in [0.4, 0.5) is 14.5 Å². The molecule has 26 heavy (non-hydrogen) atoms. The van der Waals surface area contributed by atoms with Crippen LogP contribution in [-0.2, 0) is 9.53 Å². The number of nitrogens with one attached hydrogen (secondary N) is 1. The SMILES string of the molecule is CC(=O)c1ccc(NC(=O)C(C)OC(=O)c2cc(F)c(F)cc2Cl)cc1. The highest BCUT2D eigenvalue weighted by Crippen LogP contribution is 2.21. The monoisotopic (exact) mass is 381 g/mol. The Bertz CT molecular complexity index is 868. The molecule has 0 aliphatic rings. The van der Waals surface area contributed by atoms with Gasteiger partial charge >= 0.3 is 5.97 Å². The van der Waals surface area contributed by atoms with E-state index in [-0.39, 0.29) is 10.8 Å². The number of amides is 1. The molecule has 8 heteroatoms. The van der Waals surface area contributed by atoms with Gasteiger partial charge in [-0.1, -0.05) is 11.6 Å². The molecule has 0 bridgehead atoms. The lowest BCUT2D eigenvalue weighted by Gasteiger charge is -2.14. The van der Waals surface area contributed by atoms with Crippen molar-refractivity contribution < 1.29 is 27.9 Å².